The first-order chi connectivity index (χ1) is 9.63. The first kappa shape index (κ1) is 13.9. The van der Waals surface area contributed by atoms with Crippen LogP contribution in [0.2, 0.25) is 0 Å². The number of hydrogen-bond acceptors (Lipinski definition) is 1. The third kappa shape index (κ3) is 2.90. The Balaban J connectivity index is 2.39. The Morgan fingerprint density at radius 2 is 2.15 bits per heavy atom. The van der Waals surface area contributed by atoms with Crippen molar-refractivity contribution in [1.82, 2.24) is 4.57 Å². The summed E-state index contributed by atoms with van der Waals surface area (Å²) in [7, 11) is 0. The van der Waals surface area contributed by atoms with Gasteiger partial charge in [-0.1, -0.05) is 23.3 Å². The van der Waals surface area contributed by atoms with Gasteiger partial charge in [-0.15, -0.1) is 0 Å². The highest BCUT2D eigenvalue weighted by molar-refractivity contribution is 5.56. The lowest BCUT2D eigenvalue weighted by Crippen LogP contribution is -1.99. The van der Waals surface area contributed by atoms with E-state index >= 15 is 0 Å². The van der Waals surface area contributed by atoms with Crippen LogP contribution in [0.25, 0.3) is 22.2 Å². The van der Waals surface area contributed by atoms with Crippen molar-refractivity contribution in [3.8, 4) is 5.69 Å². The van der Waals surface area contributed by atoms with E-state index in [0.717, 1.165) is 22.6 Å². The predicted octanol–water partition coefficient (Wildman–Crippen LogP) is 4.56. The zero-order valence-electron chi connectivity index (χ0n) is 11.4. The molecule has 1 aromatic carbocycles. The van der Waals surface area contributed by atoms with E-state index < -0.39 is 0 Å². The van der Waals surface area contributed by atoms with Crippen molar-refractivity contribution in [1.29, 1.82) is 0 Å². The summed E-state index contributed by atoms with van der Waals surface area (Å²) in [6, 6.07) is 8.52. The molecular formula is C15H15FN4. The summed E-state index contributed by atoms with van der Waals surface area (Å²) in [6.45, 7) is 4.27. The Morgan fingerprint density at radius 3 is 2.85 bits per heavy atom. The Hall–Kier alpha value is -2.52. The first-order valence-electron chi connectivity index (χ1n) is 6.26. The third-order valence-corrected chi connectivity index (χ3v) is 3.08. The van der Waals surface area contributed by atoms with Crippen LogP contribution in [0.5, 0.6) is 0 Å². The highest BCUT2D eigenvalue weighted by Crippen LogP contribution is 2.22. The Bertz CT molecular complexity index is 694. The van der Waals surface area contributed by atoms with Gasteiger partial charge in [0.05, 0.1) is 0 Å². The summed E-state index contributed by atoms with van der Waals surface area (Å²) in [5.74, 6) is -0.254. The summed E-state index contributed by atoms with van der Waals surface area (Å²) in [6.07, 6.45) is 3.71. The second-order valence-corrected chi connectivity index (χ2v) is 4.46. The quantitative estimate of drug-likeness (QED) is 0.444. The Kier molecular flexibility index (Phi) is 4.23. The van der Waals surface area contributed by atoms with Crippen LogP contribution in [-0.4, -0.2) is 11.1 Å². The van der Waals surface area contributed by atoms with Gasteiger partial charge in [0.1, 0.15) is 5.82 Å². The summed E-state index contributed by atoms with van der Waals surface area (Å²) in [4.78, 5) is 2.70. The van der Waals surface area contributed by atoms with Crippen molar-refractivity contribution in [2.45, 2.75) is 13.8 Å². The third-order valence-electron chi connectivity index (χ3n) is 3.08. The number of rotatable bonds is 4. The number of azide groups is 1. The van der Waals surface area contributed by atoms with Gasteiger partial charge in [-0.3, -0.25) is 0 Å². The number of nitrogens with zero attached hydrogens (tertiary/aromatic N) is 4. The van der Waals surface area contributed by atoms with Crippen LogP contribution in [0, 0.1) is 19.7 Å². The molecule has 1 heterocycles. The van der Waals surface area contributed by atoms with E-state index in [-0.39, 0.29) is 5.82 Å². The molecule has 0 bridgehead atoms. The molecule has 4 nitrogen and oxygen atoms in total. The normalized spacial score (nSPS) is 10.8. The molecule has 0 unspecified atom stereocenters. The highest BCUT2D eigenvalue weighted by Gasteiger charge is 2.09. The van der Waals surface area contributed by atoms with Crippen LogP contribution in [0.4, 0.5) is 4.39 Å². The van der Waals surface area contributed by atoms with Crippen molar-refractivity contribution in [3.63, 3.8) is 0 Å². The molecule has 5 heteroatoms. The number of aryl methyl sites for hydroxylation is 1. The fourth-order valence-electron chi connectivity index (χ4n) is 2.23. The monoisotopic (exact) mass is 270 g/mol. The summed E-state index contributed by atoms with van der Waals surface area (Å²) < 4.78 is 15.3. The zero-order valence-corrected chi connectivity index (χ0v) is 11.4. The topological polar surface area (TPSA) is 53.7 Å². The van der Waals surface area contributed by atoms with Crippen LogP contribution in [0.1, 0.15) is 17.0 Å². The van der Waals surface area contributed by atoms with Crippen molar-refractivity contribution in [2.24, 2.45) is 5.11 Å². The van der Waals surface area contributed by atoms with E-state index in [9.17, 15) is 4.39 Å². The average molecular weight is 270 g/mol. The van der Waals surface area contributed by atoms with Crippen molar-refractivity contribution in [3.05, 3.63) is 69.6 Å². The molecule has 0 aliphatic rings. The van der Waals surface area contributed by atoms with Gasteiger partial charge in [0.15, 0.2) is 0 Å². The molecule has 0 amide bonds. The number of benzene rings is 1. The number of aromatic nitrogens is 1. The van der Waals surface area contributed by atoms with Gasteiger partial charge in [0, 0.05) is 28.5 Å². The zero-order chi connectivity index (χ0) is 14.5. The molecule has 1 aromatic heterocycles. The largest absolute Gasteiger partial charge is 0.318 e. The molecule has 0 radical (unpaired) electrons. The standard InChI is InChI=1S/C15H15FN4/c1-11-9-13(5-4-8-18-19-17)12(2)20(11)15-7-3-6-14(16)10-15/h3-7,9-10H,8H2,1-2H3. The van der Waals surface area contributed by atoms with Crippen LogP contribution in [0.15, 0.2) is 41.5 Å². The molecular weight excluding hydrogens is 255 g/mol. The molecule has 0 fully saturated rings. The minimum absolute atomic E-state index is 0.254. The van der Waals surface area contributed by atoms with Gasteiger partial charge in [-0.2, -0.15) is 0 Å². The van der Waals surface area contributed by atoms with Gasteiger partial charge in [-0.25, -0.2) is 4.39 Å². The van der Waals surface area contributed by atoms with Crippen molar-refractivity contribution >= 4 is 6.08 Å². The molecule has 0 N–H and O–H groups in total. The molecule has 0 saturated heterocycles. The summed E-state index contributed by atoms with van der Waals surface area (Å²) in [5, 5.41) is 3.45. The van der Waals surface area contributed by atoms with Crippen molar-refractivity contribution in [2.75, 3.05) is 6.54 Å². The van der Waals surface area contributed by atoms with E-state index in [1.54, 1.807) is 12.1 Å². The van der Waals surface area contributed by atoms with Gasteiger partial charge < -0.3 is 4.57 Å². The Labute approximate surface area is 116 Å². The molecule has 0 atom stereocenters. The van der Waals surface area contributed by atoms with Gasteiger partial charge in [-0.05, 0) is 49.2 Å². The van der Waals surface area contributed by atoms with Crippen LogP contribution in [0.3, 0.4) is 0 Å². The highest BCUT2D eigenvalue weighted by atomic mass is 19.1. The lowest BCUT2D eigenvalue weighted by molar-refractivity contribution is 0.626. The predicted molar refractivity (Wildman–Crippen MR) is 78.2 cm³/mol. The van der Waals surface area contributed by atoms with E-state index in [2.05, 4.69) is 10.0 Å². The van der Waals surface area contributed by atoms with E-state index in [0.29, 0.717) is 6.54 Å². The molecule has 0 spiro atoms. The maximum Gasteiger partial charge on any atom is 0.125 e. The van der Waals surface area contributed by atoms with Gasteiger partial charge in [0.2, 0.25) is 0 Å². The molecule has 0 aliphatic heterocycles. The lowest BCUT2D eigenvalue weighted by atomic mass is 10.2. The molecule has 102 valence electrons. The number of hydrogen-bond donors (Lipinski definition) is 0. The van der Waals surface area contributed by atoms with Crippen LogP contribution < -0.4 is 0 Å². The van der Waals surface area contributed by atoms with E-state index in [1.165, 1.54) is 12.1 Å². The van der Waals surface area contributed by atoms with Crippen LogP contribution >= 0.6 is 0 Å². The maximum absolute atomic E-state index is 13.3. The first-order valence-corrected chi connectivity index (χ1v) is 6.26. The van der Waals surface area contributed by atoms with Gasteiger partial charge in [0.25, 0.3) is 0 Å². The van der Waals surface area contributed by atoms with Gasteiger partial charge >= 0.3 is 0 Å². The minimum atomic E-state index is -0.254. The van der Waals surface area contributed by atoms with Crippen LogP contribution in [-0.2, 0) is 0 Å². The lowest BCUT2D eigenvalue weighted by Gasteiger charge is -2.09. The molecule has 0 aliphatic carbocycles. The number of halogens is 1. The SMILES string of the molecule is Cc1cc(C=CCN=[N+]=[N-])c(C)n1-c1cccc(F)c1. The smallest absolute Gasteiger partial charge is 0.125 e. The average Bonchev–Trinajstić information content (AvgIpc) is 2.70. The summed E-state index contributed by atoms with van der Waals surface area (Å²) >= 11 is 0. The molecule has 2 aromatic rings. The molecule has 2 rings (SSSR count). The minimum Gasteiger partial charge on any atom is -0.318 e. The fraction of sp³-hybridized carbons (Fsp3) is 0.200. The summed E-state index contributed by atoms with van der Waals surface area (Å²) in [5.41, 5.74) is 12.1. The Morgan fingerprint density at radius 1 is 1.35 bits per heavy atom. The van der Waals surface area contributed by atoms with E-state index in [1.807, 2.05) is 36.6 Å². The van der Waals surface area contributed by atoms with Crippen molar-refractivity contribution < 1.29 is 4.39 Å². The second-order valence-electron chi connectivity index (χ2n) is 4.46. The second kappa shape index (κ2) is 6.08. The van der Waals surface area contributed by atoms with E-state index in [4.69, 9.17) is 5.53 Å². The molecule has 0 saturated carbocycles. The fourth-order valence-corrected chi connectivity index (χ4v) is 2.23. The maximum atomic E-state index is 13.3. The molecule has 20 heavy (non-hydrogen) atoms.